The maximum Gasteiger partial charge on any atom is 0.418 e. The van der Waals surface area contributed by atoms with Gasteiger partial charge in [-0.1, -0.05) is 0 Å². The zero-order valence-corrected chi connectivity index (χ0v) is 11.7. The predicted octanol–water partition coefficient (Wildman–Crippen LogP) is 1.70. The van der Waals surface area contributed by atoms with E-state index in [2.05, 4.69) is 20.8 Å². The Bertz CT molecular complexity index is 456. The van der Waals surface area contributed by atoms with Crippen LogP contribution in [0.2, 0.25) is 0 Å². The summed E-state index contributed by atoms with van der Waals surface area (Å²) < 4.78 is 38.9. The molecule has 21 heavy (non-hydrogen) atoms. The molecule has 0 aliphatic carbocycles. The fraction of sp³-hybridized carbons (Fsp3) is 0.692. The van der Waals surface area contributed by atoms with E-state index in [9.17, 15) is 13.2 Å². The summed E-state index contributed by atoms with van der Waals surface area (Å²) in [5.74, 6) is -0.162. The number of rotatable bonds is 3. The zero-order chi connectivity index (χ0) is 15.3. The average Bonchev–Trinajstić information content (AvgIpc) is 2.37. The second-order valence-electron chi connectivity index (χ2n) is 5.23. The van der Waals surface area contributed by atoms with E-state index < -0.39 is 11.7 Å². The predicted molar refractivity (Wildman–Crippen MR) is 73.4 cm³/mol. The van der Waals surface area contributed by atoms with E-state index in [0.717, 1.165) is 45.0 Å². The molecule has 2 heterocycles. The van der Waals surface area contributed by atoms with Gasteiger partial charge in [-0.3, -0.25) is 0 Å². The molecule has 118 valence electrons. The van der Waals surface area contributed by atoms with Crippen molar-refractivity contribution in [3.8, 4) is 0 Å². The van der Waals surface area contributed by atoms with E-state index in [-0.39, 0.29) is 24.0 Å². The third kappa shape index (κ3) is 4.53. The number of nitrogens with one attached hydrogen (secondary N) is 2. The first-order chi connectivity index (χ1) is 9.98. The van der Waals surface area contributed by atoms with Gasteiger partial charge >= 0.3 is 6.18 Å². The van der Waals surface area contributed by atoms with Gasteiger partial charge in [-0.05, 0) is 38.8 Å². The second kappa shape index (κ2) is 7.04. The topological polar surface area (TPSA) is 75.9 Å². The number of halogens is 3. The minimum atomic E-state index is -4.47. The number of hydrogen-bond donors (Lipinski definition) is 3. The zero-order valence-electron chi connectivity index (χ0n) is 11.7. The average molecular weight is 303 g/mol. The van der Waals surface area contributed by atoms with Crippen molar-refractivity contribution in [3.63, 3.8) is 0 Å². The van der Waals surface area contributed by atoms with Crippen LogP contribution in [0, 0.1) is 0 Å². The largest absolute Gasteiger partial charge is 0.418 e. The third-order valence-corrected chi connectivity index (χ3v) is 3.67. The Morgan fingerprint density at radius 3 is 2.57 bits per heavy atom. The van der Waals surface area contributed by atoms with E-state index in [1.165, 1.54) is 0 Å². The van der Waals surface area contributed by atoms with Crippen LogP contribution in [0.5, 0.6) is 0 Å². The lowest BCUT2D eigenvalue weighted by Crippen LogP contribution is -2.34. The Kier molecular flexibility index (Phi) is 5.35. The Balaban J connectivity index is 2.05. The van der Waals surface area contributed by atoms with Crippen molar-refractivity contribution in [1.29, 1.82) is 0 Å². The highest BCUT2D eigenvalue weighted by molar-refractivity contribution is 5.43. The van der Waals surface area contributed by atoms with Crippen LogP contribution in [0.4, 0.5) is 19.0 Å². The number of nitrogen functional groups attached to an aromatic ring is 1. The van der Waals surface area contributed by atoms with Gasteiger partial charge in [0.25, 0.3) is 0 Å². The summed E-state index contributed by atoms with van der Waals surface area (Å²) in [6.45, 7) is 1.96. The normalized spacial score (nSPS) is 18.2. The molecular formula is C13H20F3N5. The summed E-state index contributed by atoms with van der Waals surface area (Å²) in [5, 5.41) is 13.3. The van der Waals surface area contributed by atoms with Gasteiger partial charge in [0.2, 0.25) is 0 Å². The summed E-state index contributed by atoms with van der Waals surface area (Å²) >= 11 is 0. The molecule has 1 aromatic heterocycles. The highest BCUT2D eigenvalue weighted by atomic mass is 19.4. The molecule has 1 aliphatic rings. The SMILES string of the molecule is Nc1nncc(C(F)(F)F)c1CNC1CCCNCCC1. The smallest absolute Gasteiger partial charge is 0.382 e. The van der Waals surface area contributed by atoms with Crippen LogP contribution in [0.1, 0.15) is 36.8 Å². The summed E-state index contributed by atoms with van der Waals surface area (Å²) in [5.41, 5.74) is 4.74. The fourth-order valence-corrected chi connectivity index (χ4v) is 2.52. The first-order valence-electron chi connectivity index (χ1n) is 7.10. The molecule has 8 heteroatoms. The van der Waals surface area contributed by atoms with E-state index in [4.69, 9.17) is 5.73 Å². The number of nitrogens with zero attached hydrogens (tertiary/aromatic N) is 2. The lowest BCUT2D eigenvalue weighted by atomic mass is 10.0. The van der Waals surface area contributed by atoms with Crippen LogP contribution in [0.15, 0.2) is 6.20 Å². The summed E-state index contributed by atoms with van der Waals surface area (Å²) in [4.78, 5) is 0. The van der Waals surface area contributed by atoms with Crippen molar-refractivity contribution in [2.45, 2.75) is 44.4 Å². The Labute approximate surface area is 121 Å². The lowest BCUT2D eigenvalue weighted by molar-refractivity contribution is -0.138. The number of hydrogen-bond acceptors (Lipinski definition) is 5. The number of nitrogens with two attached hydrogens (primary N) is 1. The van der Waals surface area contributed by atoms with Crippen LogP contribution < -0.4 is 16.4 Å². The molecule has 0 saturated carbocycles. The standard InChI is InChI=1S/C13H20F3N5/c14-13(15,16)11-8-20-21-12(17)10(11)7-19-9-3-1-5-18-6-2-4-9/h8-9,18-19H,1-7H2,(H2,17,21). The molecule has 0 bridgehead atoms. The van der Waals surface area contributed by atoms with Crippen LogP contribution in [-0.2, 0) is 12.7 Å². The molecule has 0 radical (unpaired) electrons. The Morgan fingerprint density at radius 2 is 1.95 bits per heavy atom. The quantitative estimate of drug-likeness (QED) is 0.792. The molecule has 1 fully saturated rings. The maximum absolute atomic E-state index is 13.0. The van der Waals surface area contributed by atoms with Crippen LogP contribution >= 0.6 is 0 Å². The molecule has 1 saturated heterocycles. The van der Waals surface area contributed by atoms with Crippen LogP contribution in [0.3, 0.4) is 0 Å². The first-order valence-corrected chi connectivity index (χ1v) is 7.10. The maximum atomic E-state index is 13.0. The van der Waals surface area contributed by atoms with Crippen LogP contribution in [-0.4, -0.2) is 29.3 Å². The second-order valence-corrected chi connectivity index (χ2v) is 5.23. The minimum absolute atomic E-state index is 0.0160. The van der Waals surface area contributed by atoms with Gasteiger partial charge < -0.3 is 16.4 Å². The molecule has 0 atom stereocenters. The monoisotopic (exact) mass is 303 g/mol. The third-order valence-electron chi connectivity index (χ3n) is 3.67. The summed E-state index contributed by atoms with van der Waals surface area (Å²) in [6.07, 6.45) is 0.155. The highest BCUT2D eigenvalue weighted by Crippen LogP contribution is 2.32. The molecule has 1 aliphatic heterocycles. The van der Waals surface area contributed by atoms with Gasteiger partial charge in [-0.25, -0.2) is 0 Å². The van der Waals surface area contributed by atoms with Gasteiger partial charge in [-0.15, -0.1) is 5.10 Å². The lowest BCUT2D eigenvalue weighted by Gasteiger charge is -2.22. The van der Waals surface area contributed by atoms with Crippen molar-refractivity contribution in [2.24, 2.45) is 0 Å². The molecule has 2 rings (SSSR count). The Morgan fingerprint density at radius 1 is 1.29 bits per heavy atom. The van der Waals surface area contributed by atoms with E-state index in [1.54, 1.807) is 0 Å². The van der Waals surface area contributed by atoms with E-state index >= 15 is 0 Å². The molecule has 0 amide bonds. The van der Waals surface area contributed by atoms with E-state index in [0.29, 0.717) is 0 Å². The van der Waals surface area contributed by atoms with Crippen molar-refractivity contribution in [1.82, 2.24) is 20.8 Å². The molecule has 0 unspecified atom stereocenters. The molecular weight excluding hydrogens is 283 g/mol. The molecule has 0 aromatic carbocycles. The Hall–Kier alpha value is -1.41. The van der Waals surface area contributed by atoms with Crippen LogP contribution in [0.25, 0.3) is 0 Å². The number of anilines is 1. The number of alkyl halides is 3. The number of aromatic nitrogens is 2. The molecule has 1 aromatic rings. The van der Waals surface area contributed by atoms with Crippen molar-refractivity contribution < 1.29 is 13.2 Å². The van der Waals surface area contributed by atoms with Crippen molar-refractivity contribution >= 4 is 5.82 Å². The van der Waals surface area contributed by atoms with Gasteiger partial charge in [-0.2, -0.15) is 18.3 Å². The minimum Gasteiger partial charge on any atom is -0.382 e. The fourth-order valence-electron chi connectivity index (χ4n) is 2.52. The van der Waals surface area contributed by atoms with E-state index in [1.807, 2.05) is 0 Å². The highest BCUT2D eigenvalue weighted by Gasteiger charge is 2.35. The molecule has 0 spiro atoms. The molecule has 5 nitrogen and oxygen atoms in total. The summed E-state index contributed by atoms with van der Waals surface area (Å²) in [6, 6.07) is 0.209. The van der Waals surface area contributed by atoms with Gasteiger partial charge in [0.05, 0.1) is 11.8 Å². The van der Waals surface area contributed by atoms with Crippen molar-refractivity contribution in [3.05, 3.63) is 17.3 Å². The first kappa shape index (κ1) is 16.0. The van der Waals surface area contributed by atoms with Gasteiger partial charge in [0.1, 0.15) is 0 Å². The van der Waals surface area contributed by atoms with Gasteiger partial charge in [0, 0.05) is 18.2 Å². The van der Waals surface area contributed by atoms with Crippen molar-refractivity contribution in [2.75, 3.05) is 18.8 Å². The summed E-state index contributed by atoms with van der Waals surface area (Å²) in [7, 11) is 0. The van der Waals surface area contributed by atoms with Gasteiger partial charge in [0.15, 0.2) is 5.82 Å². The molecule has 4 N–H and O–H groups in total.